The zero-order chi connectivity index (χ0) is 17.8. The van der Waals surface area contributed by atoms with Gasteiger partial charge in [0.15, 0.2) is 0 Å². The molecular formula is C21H16N2O2S. The molecule has 0 saturated heterocycles. The fraction of sp³-hybridized carbons (Fsp3) is 0.0476. The highest BCUT2D eigenvalue weighted by atomic mass is 32.1. The fourth-order valence-corrected chi connectivity index (χ4v) is 3.62. The molecular weight excluding hydrogens is 344 g/mol. The zero-order valence-electron chi connectivity index (χ0n) is 13.9. The van der Waals surface area contributed by atoms with Crippen molar-refractivity contribution in [2.75, 3.05) is 5.32 Å². The predicted molar refractivity (Wildman–Crippen MR) is 105 cm³/mol. The quantitative estimate of drug-likeness (QED) is 0.523. The Morgan fingerprint density at radius 3 is 2.42 bits per heavy atom. The Balaban J connectivity index is 1.39. The molecule has 0 aliphatic carbocycles. The monoisotopic (exact) mass is 360 g/mol. The molecule has 3 aromatic carbocycles. The van der Waals surface area contributed by atoms with Crippen molar-refractivity contribution in [3.63, 3.8) is 0 Å². The van der Waals surface area contributed by atoms with Gasteiger partial charge in [0, 0.05) is 12.1 Å². The van der Waals surface area contributed by atoms with Crippen LogP contribution in [0, 0.1) is 0 Å². The van der Waals surface area contributed by atoms with Crippen molar-refractivity contribution in [2.24, 2.45) is 0 Å². The topological polar surface area (TPSA) is 51.2 Å². The molecule has 1 amide bonds. The molecule has 1 N–H and O–H groups in total. The second kappa shape index (κ2) is 7.37. The predicted octanol–water partition coefficient (Wildman–Crippen LogP) is 5.50. The van der Waals surface area contributed by atoms with E-state index in [0.717, 1.165) is 22.5 Å². The van der Waals surface area contributed by atoms with Crippen molar-refractivity contribution < 1.29 is 9.53 Å². The number of aromatic nitrogens is 1. The van der Waals surface area contributed by atoms with Crippen LogP contribution in [0.15, 0.2) is 78.9 Å². The van der Waals surface area contributed by atoms with Crippen molar-refractivity contribution in [1.82, 2.24) is 4.98 Å². The number of ether oxygens (including phenoxy) is 1. The van der Waals surface area contributed by atoms with Crippen molar-refractivity contribution >= 4 is 33.3 Å². The molecule has 0 fully saturated rings. The number of thiazole rings is 1. The van der Waals surface area contributed by atoms with Crippen LogP contribution in [0.4, 0.5) is 10.5 Å². The van der Waals surface area contributed by atoms with Crippen molar-refractivity contribution in [3.05, 3.63) is 89.4 Å². The summed E-state index contributed by atoms with van der Waals surface area (Å²) in [4.78, 5) is 16.6. The third kappa shape index (κ3) is 3.90. The Bertz CT molecular complexity index is 994. The molecule has 26 heavy (non-hydrogen) atoms. The van der Waals surface area contributed by atoms with Gasteiger partial charge in [0.25, 0.3) is 0 Å². The van der Waals surface area contributed by atoms with Crippen LogP contribution in [0.25, 0.3) is 10.2 Å². The van der Waals surface area contributed by atoms with E-state index in [1.807, 2.05) is 60.7 Å². The molecule has 0 bridgehead atoms. The summed E-state index contributed by atoms with van der Waals surface area (Å²) < 4.78 is 6.42. The third-order valence-electron chi connectivity index (χ3n) is 3.85. The SMILES string of the molecule is O=C(Nc1ccc(Cc2nc3ccccc3s2)cc1)Oc1ccccc1. The number of fused-ring (bicyclic) bond motifs is 1. The molecule has 4 nitrogen and oxygen atoms in total. The van der Waals surface area contributed by atoms with Crippen LogP contribution in [0.2, 0.25) is 0 Å². The Labute approximate surface area is 155 Å². The van der Waals surface area contributed by atoms with Crippen molar-refractivity contribution in [3.8, 4) is 5.75 Å². The van der Waals surface area contributed by atoms with Crippen LogP contribution in [0.1, 0.15) is 10.6 Å². The Kier molecular flexibility index (Phi) is 4.62. The number of carbonyl (C=O) groups is 1. The molecule has 0 aliphatic heterocycles. The second-order valence-corrected chi connectivity index (χ2v) is 6.89. The molecule has 1 heterocycles. The Morgan fingerprint density at radius 1 is 0.923 bits per heavy atom. The van der Waals surface area contributed by atoms with Gasteiger partial charge in [-0.15, -0.1) is 11.3 Å². The minimum absolute atomic E-state index is 0.505. The largest absolute Gasteiger partial charge is 0.417 e. The summed E-state index contributed by atoms with van der Waals surface area (Å²) in [5, 5.41) is 3.81. The average Bonchev–Trinajstić information content (AvgIpc) is 3.06. The molecule has 1 aromatic heterocycles. The zero-order valence-corrected chi connectivity index (χ0v) is 14.7. The van der Waals surface area contributed by atoms with Gasteiger partial charge < -0.3 is 4.74 Å². The summed E-state index contributed by atoms with van der Waals surface area (Å²) in [6.45, 7) is 0. The maximum Gasteiger partial charge on any atom is 0.417 e. The molecule has 0 spiro atoms. The van der Waals surface area contributed by atoms with Crippen LogP contribution in [-0.2, 0) is 6.42 Å². The number of hydrogen-bond acceptors (Lipinski definition) is 4. The van der Waals surface area contributed by atoms with Gasteiger partial charge in [-0.2, -0.15) is 0 Å². The third-order valence-corrected chi connectivity index (χ3v) is 4.88. The number of nitrogens with zero attached hydrogens (tertiary/aromatic N) is 1. The van der Waals surface area contributed by atoms with Gasteiger partial charge in [0.05, 0.1) is 15.2 Å². The molecule has 0 aliphatic rings. The van der Waals surface area contributed by atoms with Crippen LogP contribution in [0.3, 0.4) is 0 Å². The van der Waals surface area contributed by atoms with Gasteiger partial charge in [-0.1, -0.05) is 42.5 Å². The number of benzene rings is 3. The Morgan fingerprint density at radius 2 is 1.65 bits per heavy atom. The molecule has 0 atom stereocenters. The summed E-state index contributed by atoms with van der Waals surface area (Å²) in [5.41, 5.74) is 2.87. The van der Waals surface area contributed by atoms with E-state index in [9.17, 15) is 4.79 Å². The lowest BCUT2D eigenvalue weighted by Crippen LogP contribution is -2.16. The van der Waals surface area contributed by atoms with Gasteiger partial charge in [-0.05, 0) is 42.0 Å². The summed E-state index contributed by atoms with van der Waals surface area (Å²) in [6.07, 6.45) is 0.267. The molecule has 5 heteroatoms. The van der Waals surface area contributed by atoms with E-state index >= 15 is 0 Å². The number of nitrogens with one attached hydrogen (secondary N) is 1. The first-order valence-corrected chi connectivity index (χ1v) is 9.05. The molecule has 0 unspecified atom stereocenters. The smallest absolute Gasteiger partial charge is 0.410 e. The highest BCUT2D eigenvalue weighted by Crippen LogP contribution is 2.24. The number of hydrogen-bond donors (Lipinski definition) is 1. The van der Waals surface area contributed by atoms with Crippen LogP contribution < -0.4 is 10.1 Å². The van der Waals surface area contributed by atoms with Crippen LogP contribution in [-0.4, -0.2) is 11.1 Å². The van der Waals surface area contributed by atoms with E-state index in [2.05, 4.69) is 16.4 Å². The van der Waals surface area contributed by atoms with E-state index in [0.29, 0.717) is 11.4 Å². The number of amides is 1. The standard InChI is InChI=1S/C21H16N2O2S/c24-21(25-17-6-2-1-3-7-17)22-16-12-10-15(11-13-16)14-20-23-18-8-4-5-9-19(18)26-20/h1-13H,14H2,(H,22,24). The fourth-order valence-electron chi connectivity index (χ4n) is 2.62. The molecule has 0 saturated carbocycles. The van der Waals surface area contributed by atoms with E-state index in [1.165, 1.54) is 4.70 Å². The number of anilines is 1. The van der Waals surface area contributed by atoms with Gasteiger partial charge in [0.1, 0.15) is 5.75 Å². The minimum atomic E-state index is -0.505. The molecule has 128 valence electrons. The first-order valence-electron chi connectivity index (χ1n) is 8.23. The van der Waals surface area contributed by atoms with E-state index in [1.54, 1.807) is 23.5 Å². The molecule has 4 rings (SSSR count). The normalized spacial score (nSPS) is 10.6. The second-order valence-electron chi connectivity index (χ2n) is 5.78. The highest BCUT2D eigenvalue weighted by molar-refractivity contribution is 7.18. The lowest BCUT2D eigenvalue weighted by molar-refractivity contribution is 0.215. The van der Waals surface area contributed by atoms with E-state index < -0.39 is 6.09 Å². The maximum atomic E-state index is 11.9. The molecule has 4 aromatic rings. The average molecular weight is 360 g/mol. The van der Waals surface area contributed by atoms with Gasteiger partial charge in [0.2, 0.25) is 0 Å². The first-order chi connectivity index (χ1) is 12.8. The number of para-hydroxylation sites is 2. The van der Waals surface area contributed by atoms with Crippen molar-refractivity contribution in [2.45, 2.75) is 6.42 Å². The van der Waals surface area contributed by atoms with Crippen LogP contribution in [0.5, 0.6) is 5.75 Å². The van der Waals surface area contributed by atoms with E-state index in [-0.39, 0.29) is 0 Å². The number of carbonyl (C=O) groups excluding carboxylic acids is 1. The lowest BCUT2D eigenvalue weighted by Gasteiger charge is -2.07. The summed E-state index contributed by atoms with van der Waals surface area (Å²) >= 11 is 1.71. The summed E-state index contributed by atoms with van der Waals surface area (Å²) in [6, 6.07) is 24.8. The van der Waals surface area contributed by atoms with Crippen molar-refractivity contribution in [1.29, 1.82) is 0 Å². The van der Waals surface area contributed by atoms with Crippen LogP contribution >= 0.6 is 11.3 Å². The van der Waals surface area contributed by atoms with Gasteiger partial charge >= 0.3 is 6.09 Å². The summed E-state index contributed by atoms with van der Waals surface area (Å²) in [5.74, 6) is 0.512. The summed E-state index contributed by atoms with van der Waals surface area (Å²) in [7, 11) is 0. The molecule has 0 radical (unpaired) electrons. The first kappa shape index (κ1) is 16.3. The maximum absolute atomic E-state index is 11.9. The Hall–Kier alpha value is -3.18. The highest BCUT2D eigenvalue weighted by Gasteiger charge is 2.07. The van der Waals surface area contributed by atoms with Gasteiger partial charge in [-0.25, -0.2) is 9.78 Å². The van der Waals surface area contributed by atoms with Gasteiger partial charge in [-0.3, -0.25) is 5.32 Å². The van der Waals surface area contributed by atoms with E-state index in [4.69, 9.17) is 4.74 Å². The lowest BCUT2D eigenvalue weighted by atomic mass is 10.1. The number of rotatable bonds is 4. The minimum Gasteiger partial charge on any atom is -0.410 e.